The van der Waals surface area contributed by atoms with E-state index in [9.17, 15) is 19.2 Å². The molecular weight excluding hydrogens is 500 g/mol. The first kappa shape index (κ1) is 26.3. The van der Waals surface area contributed by atoms with Crippen LogP contribution in [0.25, 0.3) is 11.0 Å². The summed E-state index contributed by atoms with van der Waals surface area (Å²) >= 11 is 0. The van der Waals surface area contributed by atoms with Crippen LogP contribution >= 0.6 is 0 Å². The molecule has 3 heterocycles. The number of rotatable bonds is 7. The minimum Gasteiger partial charge on any atom is -0.497 e. The minimum absolute atomic E-state index is 0.165. The number of hydrogen-bond donors (Lipinski definition) is 1. The maximum Gasteiger partial charge on any atom is 0.287 e. The van der Waals surface area contributed by atoms with Crippen LogP contribution in [0.3, 0.4) is 0 Å². The molecule has 2 aliphatic rings. The van der Waals surface area contributed by atoms with Gasteiger partial charge in [0, 0.05) is 63.5 Å². The molecule has 0 radical (unpaired) electrons. The van der Waals surface area contributed by atoms with Crippen LogP contribution in [-0.2, 0) is 16.1 Å². The Morgan fingerprint density at radius 3 is 2.54 bits per heavy atom. The molecule has 2 saturated heterocycles. The number of methoxy groups -OCH3 is 1. The third-order valence-electron chi connectivity index (χ3n) is 7.31. The van der Waals surface area contributed by atoms with Crippen molar-refractivity contribution in [2.75, 3.05) is 51.3 Å². The van der Waals surface area contributed by atoms with E-state index in [1.807, 2.05) is 17.0 Å². The van der Waals surface area contributed by atoms with E-state index in [2.05, 4.69) is 22.3 Å². The number of carbonyl (C=O) groups excluding carboxylic acids is 3. The number of fused-ring (bicyclic) bond motifs is 1. The van der Waals surface area contributed by atoms with Crippen molar-refractivity contribution in [3.8, 4) is 5.75 Å². The average molecular weight is 533 g/mol. The number of ether oxygens (including phenoxy) is 1. The maximum absolute atomic E-state index is 12.8. The number of carbonyl (C=O) groups is 3. The molecule has 0 aliphatic carbocycles. The number of amides is 3. The molecule has 3 aromatic rings. The van der Waals surface area contributed by atoms with Gasteiger partial charge in [0.05, 0.1) is 19.0 Å². The number of piperidine rings is 1. The highest BCUT2D eigenvalue weighted by atomic mass is 16.5. The summed E-state index contributed by atoms with van der Waals surface area (Å²) in [7, 11) is 1.50. The largest absolute Gasteiger partial charge is 0.497 e. The molecular formula is C29H32N4O6. The quantitative estimate of drug-likeness (QED) is 0.497. The van der Waals surface area contributed by atoms with E-state index in [0.29, 0.717) is 50.3 Å². The highest BCUT2D eigenvalue weighted by Gasteiger charge is 2.25. The zero-order chi connectivity index (χ0) is 27.4. The summed E-state index contributed by atoms with van der Waals surface area (Å²) < 4.78 is 10.8. The number of nitrogens with one attached hydrogen (secondary N) is 1. The molecule has 3 amide bonds. The summed E-state index contributed by atoms with van der Waals surface area (Å²) in [6.07, 6.45) is 2.60. The van der Waals surface area contributed by atoms with Gasteiger partial charge in [0.1, 0.15) is 11.3 Å². The first-order valence-corrected chi connectivity index (χ1v) is 13.2. The van der Waals surface area contributed by atoms with Crippen LogP contribution in [0.2, 0.25) is 0 Å². The van der Waals surface area contributed by atoms with Crippen LogP contribution in [0.15, 0.2) is 57.7 Å². The SMILES string of the molecule is COc1ccc2c(=O)cc(C(=O)NCC(=O)N3CCN(c4ccccc4CN4CCCCC4=O)CC3)oc2c1. The van der Waals surface area contributed by atoms with Gasteiger partial charge < -0.3 is 29.2 Å². The van der Waals surface area contributed by atoms with Gasteiger partial charge in [-0.3, -0.25) is 19.2 Å². The van der Waals surface area contributed by atoms with Gasteiger partial charge in [0.15, 0.2) is 11.2 Å². The lowest BCUT2D eigenvalue weighted by Crippen LogP contribution is -2.51. The van der Waals surface area contributed by atoms with Gasteiger partial charge in [-0.25, -0.2) is 0 Å². The molecule has 0 bridgehead atoms. The third-order valence-corrected chi connectivity index (χ3v) is 7.31. The van der Waals surface area contributed by atoms with Gasteiger partial charge in [-0.2, -0.15) is 0 Å². The molecule has 10 nitrogen and oxygen atoms in total. The highest BCUT2D eigenvalue weighted by Crippen LogP contribution is 2.25. The average Bonchev–Trinajstić information content (AvgIpc) is 2.97. The predicted molar refractivity (Wildman–Crippen MR) is 146 cm³/mol. The molecule has 1 aromatic heterocycles. The van der Waals surface area contributed by atoms with Crippen LogP contribution in [0, 0.1) is 0 Å². The summed E-state index contributed by atoms with van der Waals surface area (Å²) in [5.41, 5.74) is 2.07. The van der Waals surface area contributed by atoms with Gasteiger partial charge in [0.25, 0.3) is 5.91 Å². The Kier molecular flexibility index (Phi) is 7.81. The summed E-state index contributed by atoms with van der Waals surface area (Å²) in [6.45, 7) is 3.49. The minimum atomic E-state index is -0.634. The van der Waals surface area contributed by atoms with Crippen LogP contribution in [0.1, 0.15) is 35.4 Å². The van der Waals surface area contributed by atoms with Crippen molar-refractivity contribution in [1.29, 1.82) is 0 Å². The Bertz CT molecular complexity index is 1440. The fourth-order valence-corrected chi connectivity index (χ4v) is 5.11. The molecule has 0 saturated carbocycles. The molecule has 0 atom stereocenters. The smallest absolute Gasteiger partial charge is 0.287 e. The number of para-hydroxylation sites is 1. The van der Waals surface area contributed by atoms with Crippen LogP contribution < -0.4 is 20.4 Å². The Morgan fingerprint density at radius 2 is 1.77 bits per heavy atom. The molecule has 0 spiro atoms. The van der Waals surface area contributed by atoms with Crippen molar-refractivity contribution in [3.63, 3.8) is 0 Å². The van der Waals surface area contributed by atoms with Gasteiger partial charge in [0.2, 0.25) is 11.8 Å². The van der Waals surface area contributed by atoms with Crippen molar-refractivity contribution >= 4 is 34.4 Å². The third kappa shape index (κ3) is 5.89. The molecule has 1 N–H and O–H groups in total. The molecule has 2 aromatic carbocycles. The molecule has 5 rings (SSSR count). The molecule has 204 valence electrons. The van der Waals surface area contributed by atoms with Crippen molar-refractivity contribution in [3.05, 3.63) is 70.1 Å². The second kappa shape index (κ2) is 11.6. The molecule has 10 heteroatoms. The normalized spacial score (nSPS) is 15.9. The van der Waals surface area contributed by atoms with E-state index in [1.54, 1.807) is 23.1 Å². The lowest BCUT2D eigenvalue weighted by Gasteiger charge is -2.37. The van der Waals surface area contributed by atoms with E-state index in [1.165, 1.54) is 7.11 Å². The Balaban J connectivity index is 1.16. The number of benzene rings is 2. The Labute approximate surface area is 226 Å². The monoisotopic (exact) mass is 532 g/mol. The van der Waals surface area contributed by atoms with Gasteiger partial charge in [-0.1, -0.05) is 18.2 Å². The van der Waals surface area contributed by atoms with E-state index in [0.717, 1.165) is 36.7 Å². The maximum atomic E-state index is 12.8. The highest BCUT2D eigenvalue weighted by molar-refractivity contribution is 5.95. The number of nitrogens with zero attached hydrogens (tertiary/aromatic N) is 3. The van der Waals surface area contributed by atoms with E-state index >= 15 is 0 Å². The van der Waals surface area contributed by atoms with E-state index in [4.69, 9.17) is 9.15 Å². The molecule has 2 aliphatic heterocycles. The Hall–Kier alpha value is -4.34. The lowest BCUT2D eigenvalue weighted by atomic mass is 10.1. The fourth-order valence-electron chi connectivity index (χ4n) is 5.11. The van der Waals surface area contributed by atoms with Gasteiger partial charge in [-0.05, 0) is 36.6 Å². The van der Waals surface area contributed by atoms with Gasteiger partial charge in [-0.15, -0.1) is 0 Å². The standard InChI is InChI=1S/C29H32N4O6/c1-38-21-9-10-22-24(34)17-26(39-25(22)16-21)29(37)30-18-28(36)32-14-12-31(13-15-32)23-7-3-2-6-20(23)19-33-11-5-4-8-27(33)35/h2-3,6-7,9-10,16-17H,4-5,8,11-15,18-19H2,1H3,(H,30,37). The van der Waals surface area contributed by atoms with Gasteiger partial charge >= 0.3 is 0 Å². The zero-order valence-electron chi connectivity index (χ0n) is 22.0. The molecule has 39 heavy (non-hydrogen) atoms. The van der Waals surface area contributed by atoms with E-state index < -0.39 is 5.91 Å². The van der Waals surface area contributed by atoms with Crippen molar-refractivity contribution < 1.29 is 23.5 Å². The lowest BCUT2D eigenvalue weighted by molar-refractivity contribution is -0.134. The number of anilines is 1. The van der Waals surface area contributed by atoms with Crippen LogP contribution in [0.5, 0.6) is 5.75 Å². The summed E-state index contributed by atoms with van der Waals surface area (Å²) in [4.78, 5) is 56.1. The fraction of sp³-hybridized carbons (Fsp3) is 0.379. The van der Waals surface area contributed by atoms with Crippen LogP contribution in [0.4, 0.5) is 5.69 Å². The molecule has 2 fully saturated rings. The number of hydrogen-bond acceptors (Lipinski definition) is 7. The van der Waals surface area contributed by atoms with Crippen molar-refractivity contribution in [2.24, 2.45) is 0 Å². The second-order valence-electron chi connectivity index (χ2n) is 9.79. The van der Waals surface area contributed by atoms with Crippen molar-refractivity contribution in [2.45, 2.75) is 25.8 Å². The topological polar surface area (TPSA) is 112 Å². The number of piperazine rings is 1. The number of likely N-dealkylation sites (tertiary alicyclic amines) is 1. The summed E-state index contributed by atoms with van der Waals surface area (Å²) in [6, 6.07) is 14.0. The predicted octanol–water partition coefficient (Wildman–Crippen LogP) is 2.39. The van der Waals surface area contributed by atoms with Crippen LogP contribution in [-0.4, -0.2) is 73.9 Å². The Morgan fingerprint density at radius 1 is 0.974 bits per heavy atom. The van der Waals surface area contributed by atoms with Crippen molar-refractivity contribution in [1.82, 2.24) is 15.1 Å². The zero-order valence-corrected chi connectivity index (χ0v) is 22.0. The second-order valence-corrected chi connectivity index (χ2v) is 9.79. The summed E-state index contributed by atoms with van der Waals surface area (Å²) in [5.74, 6) is -0.302. The summed E-state index contributed by atoms with van der Waals surface area (Å²) in [5, 5.41) is 2.91. The van der Waals surface area contributed by atoms with E-state index in [-0.39, 0.29) is 35.1 Å². The molecule has 0 unspecified atom stereocenters. The first-order valence-electron chi connectivity index (χ1n) is 13.2. The first-order chi connectivity index (χ1) is 18.9.